The molecule has 1 aliphatic heterocycles. The molecule has 2 atom stereocenters. The van der Waals surface area contributed by atoms with Crippen molar-refractivity contribution in [3.8, 4) is 0 Å². The zero-order chi connectivity index (χ0) is 11.1. The van der Waals surface area contributed by atoms with Gasteiger partial charge in [-0.2, -0.15) is 0 Å². The number of nitrogens with two attached hydrogens (primary N) is 1. The van der Waals surface area contributed by atoms with Crippen LogP contribution in [0, 0.1) is 0 Å². The summed E-state index contributed by atoms with van der Waals surface area (Å²) in [5, 5.41) is 0. The molecule has 1 fully saturated rings. The fourth-order valence-electron chi connectivity index (χ4n) is 2.45. The highest BCUT2D eigenvalue weighted by atomic mass is 15.1. The molecule has 0 aromatic heterocycles. The maximum absolute atomic E-state index is 5.75. The van der Waals surface area contributed by atoms with Crippen molar-refractivity contribution in [3.05, 3.63) is 0 Å². The van der Waals surface area contributed by atoms with Crippen LogP contribution in [0.25, 0.3) is 0 Å². The lowest BCUT2D eigenvalue weighted by atomic mass is 10.1. The first-order valence-electron chi connectivity index (χ1n) is 6.70. The van der Waals surface area contributed by atoms with E-state index in [1.54, 1.807) is 0 Å². The molecule has 1 aliphatic rings. The molecule has 0 radical (unpaired) electrons. The fourth-order valence-corrected chi connectivity index (χ4v) is 2.45. The number of unbranched alkanes of at least 4 members (excludes halogenated alkanes) is 1. The molecule has 0 aromatic rings. The first-order chi connectivity index (χ1) is 7.20. The van der Waals surface area contributed by atoms with Crippen molar-refractivity contribution < 1.29 is 0 Å². The van der Waals surface area contributed by atoms with Gasteiger partial charge in [-0.3, -0.25) is 0 Å². The molecule has 2 nitrogen and oxygen atoms in total. The van der Waals surface area contributed by atoms with Crippen molar-refractivity contribution in [2.24, 2.45) is 5.73 Å². The summed E-state index contributed by atoms with van der Waals surface area (Å²) in [5.74, 6) is 0. The van der Waals surface area contributed by atoms with E-state index in [4.69, 9.17) is 5.73 Å². The van der Waals surface area contributed by atoms with Crippen LogP contribution in [0.3, 0.4) is 0 Å². The van der Waals surface area contributed by atoms with Crippen molar-refractivity contribution >= 4 is 0 Å². The molecular formula is C13H28N2. The van der Waals surface area contributed by atoms with E-state index in [0.29, 0.717) is 6.04 Å². The molecule has 1 heterocycles. The SMILES string of the molecule is CC(N)CCCCN1CCCCCC1C. The first kappa shape index (κ1) is 13.0. The van der Waals surface area contributed by atoms with Gasteiger partial charge in [-0.1, -0.05) is 19.3 Å². The molecule has 1 rings (SSSR count). The number of hydrogen-bond donors (Lipinski definition) is 1. The Bertz CT molecular complexity index is 157. The van der Waals surface area contributed by atoms with Crippen LogP contribution in [0.2, 0.25) is 0 Å². The van der Waals surface area contributed by atoms with Crippen LogP contribution < -0.4 is 5.73 Å². The minimum absolute atomic E-state index is 0.381. The molecule has 0 spiro atoms. The van der Waals surface area contributed by atoms with E-state index >= 15 is 0 Å². The highest BCUT2D eigenvalue weighted by molar-refractivity contribution is 4.71. The highest BCUT2D eigenvalue weighted by Gasteiger charge is 2.15. The third kappa shape index (κ3) is 5.53. The average Bonchev–Trinajstić information content (AvgIpc) is 2.38. The molecule has 0 amide bonds. The van der Waals surface area contributed by atoms with Gasteiger partial charge in [0, 0.05) is 12.1 Å². The Balaban J connectivity index is 2.12. The van der Waals surface area contributed by atoms with Crippen LogP contribution in [-0.4, -0.2) is 30.1 Å². The Labute approximate surface area is 95.2 Å². The van der Waals surface area contributed by atoms with E-state index < -0.39 is 0 Å². The van der Waals surface area contributed by atoms with Crippen LogP contribution in [0.15, 0.2) is 0 Å². The zero-order valence-corrected chi connectivity index (χ0v) is 10.5. The molecule has 2 unspecified atom stereocenters. The lowest BCUT2D eigenvalue weighted by Crippen LogP contribution is -2.33. The third-order valence-electron chi connectivity index (χ3n) is 3.55. The Morgan fingerprint density at radius 2 is 2.07 bits per heavy atom. The smallest absolute Gasteiger partial charge is 0.00669 e. The standard InChI is InChI=1S/C13H28N2/c1-12(14)8-5-7-11-15-10-6-3-4-9-13(15)2/h12-13H,3-11,14H2,1-2H3. The molecule has 2 heteroatoms. The van der Waals surface area contributed by atoms with Gasteiger partial charge in [0.2, 0.25) is 0 Å². The number of likely N-dealkylation sites (tertiary alicyclic amines) is 1. The molecule has 1 saturated heterocycles. The minimum atomic E-state index is 0.381. The van der Waals surface area contributed by atoms with Gasteiger partial charge in [0.25, 0.3) is 0 Å². The second-order valence-electron chi connectivity index (χ2n) is 5.21. The zero-order valence-electron chi connectivity index (χ0n) is 10.5. The summed E-state index contributed by atoms with van der Waals surface area (Å²) < 4.78 is 0. The van der Waals surface area contributed by atoms with E-state index in [2.05, 4.69) is 18.7 Å². The summed E-state index contributed by atoms with van der Waals surface area (Å²) in [5.41, 5.74) is 5.75. The third-order valence-corrected chi connectivity index (χ3v) is 3.55. The molecule has 2 N–H and O–H groups in total. The molecule has 0 aromatic carbocycles. The second kappa shape index (κ2) is 7.24. The summed E-state index contributed by atoms with van der Waals surface area (Å²) >= 11 is 0. The molecule has 0 bridgehead atoms. The molecular weight excluding hydrogens is 184 g/mol. The maximum atomic E-state index is 5.75. The lowest BCUT2D eigenvalue weighted by molar-refractivity contribution is 0.208. The summed E-state index contributed by atoms with van der Waals surface area (Å²) in [7, 11) is 0. The maximum Gasteiger partial charge on any atom is 0.00669 e. The van der Waals surface area contributed by atoms with Crippen LogP contribution in [0.5, 0.6) is 0 Å². The van der Waals surface area contributed by atoms with Crippen molar-refractivity contribution in [2.75, 3.05) is 13.1 Å². The lowest BCUT2D eigenvalue weighted by Gasteiger charge is -2.26. The van der Waals surface area contributed by atoms with Crippen LogP contribution >= 0.6 is 0 Å². The Hall–Kier alpha value is -0.0800. The van der Waals surface area contributed by atoms with Gasteiger partial charge in [0.05, 0.1) is 0 Å². The van der Waals surface area contributed by atoms with E-state index in [-0.39, 0.29) is 0 Å². The highest BCUT2D eigenvalue weighted by Crippen LogP contribution is 2.16. The van der Waals surface area contributed by atoms with Gasteiger partial charge in [-0.15, -0.1) is 0 Å². The van der Waals surface area contributed by atoms with Gasteiger partial charge in [-0.05, 0) is 52.6 Å². The van der Waals surface area contributed by atoms with Gasteiger partial charge in [-0.25, -0.2) is 0 Å². The Morgan fingerprint density at radius 1 is 1.27 bits per heavy atom. The minimum Gasteiger partial charge on any atom is -0.328 e. The number of rotatable bonds is 5. The van der Waals surface area contributed by atoms with Crippen molar-refractivity contribution in [1.29, 1.82) is 0 Å². The molecule has 0 aliphatic carbocycles. The average molecular weight is 212 g/mol. The summed E-state index contributed by atoms with van der Waals surface area (Å²) in [6.07, 6.45) is 9.46. The van der Waals surface area contributed by atoms with E-state index in [1.807, 2.05) is 0 Å². The Morgan fingerprint density at radius 3 is 2.80 bits per heavy atom. The summed E-state index contributed by atoms with van der Waals surface area (Å²) in [6, 6.07) is 1.19. The molecule has 0 saturated carbocycles. The normalized spacial score (nSPS) is 26.2. The monoisotopic (exact) mass is 212 g/mol. The second-order valence-corrected chi connectivity index (χ2v) is 5.21. The predicted molar refractivity (Wildman–Crippen MR) is 67.0 cm³/mol. The topological polar surface area (TPSA) is 29.3 Å². The van der Waals surface area contributed by atoms with Crippen molar-refractivity contribution in [1.82, 2.24) is 4.90 Å². The Kier molecular flexibility index (Phi) is 6.26. The number of nitrogens with zero attached hydrogens (tertiary/aromatic N) is 1. The van der Waals surface area contributed by atoms with Gasteiger partial charge in [0.1, 0.15) is 0 Å². The van der Waals surface area contributed by atoms with Crippen molar-refractivity contribution in [2.45, 2.75) is 70.9 Å². The largest absolute Gasteiger partial charge is 0.328 e. The van der Waals surface area contributed by atoms with Gasteiger partial charge < -0.3 is 10.6 Å². The summed E-state index contributed by atoms with van der Waals surface area (Å²) in [6.45, 7) is 7.10. The van der Waals surface area contributed by atoms with Crippen LogP contribution in [0.4, 0.5) is 0 Å². The van der Waals surface area contributed by atoms with E-state index in [1.165, 1.54) is 58.0 Å². The predicted octanol–water partition coefficient (Wildman–Crippen LogP) is 2.77. The van der Waals surface area contributed by atoms with Crippen LogP contribution in [-0.2, 0) is 0 Å². The molecule has 15 heavy (non-hydrogen) atoms. The summed E-state index contributed by atoms with van der Waals surface area (Å²) in [4.78, 5) is 2.67. The van der Waals surface area contributed by atoms with E-state index in [9.17, 15) is 0 Å². The van der Waals surface area contributed by atoms with Crippen LogP contribution in [0.1, 0.15) is 58.8 Å². The van der Waals surface area contributed by atoms with Gasteiger partial charge >= 0.3 is 0 Å². The van der Waals surface area contributed by atoms with Crippen molar-refractivity contribution in [3.63, 3.8) is 0 Å². The first-order valence-corrected chi connectivity index (χ1v) is 6.70. The van der Waals surface area contributed by atoms with E-state index in [0.717, 1.165) is 6.04 Å². The fraction of sp³-hybridized carbons (Fsp3) is 1.00. The molecule has 90 valence electrons. The quantitative estimate of drug-likeness (QED) is 0.710. The number of hydrogen-bond acceptors (Lipinski definition) is 2. The van der Waals surface area contributed by atoms with Gasteiger partial charge in [0.15, 0.2) is 0 Å².